The maximum Gasteiger partial charge on any atom is 0.252 e. The molecule has 1 N–H and O–H groups in total. The molecule has 0 aliphatic carbocycles. The third kappa shape index (κ3) is 2.79. The summed E-state index contributed by atoms with van der Waals surface area (Å²) in [5, 5.41) is 2.55. The van der Waals surface area contributed by atoms with E-state index in [-0.39, 0.29) is 22.6 Å². The lowest BCUT2D eigenvalue weighted by molar-refractivity contribution is -0.123. The van der Waals surface area contributed by atoms with Crippen molar-refractivity contribution >= 4 is 38.9 Å². The Bertz CT molecular complexity index is 578. The Kier molecular flexibility index (Phi) is 4.20. The maximum atomic E-state index is 12.4. The minimum Gasteiger partial charge on any atom is -0.359 e. The van der Waals surface area contributed by atoms with Gasteiger partial charge in [0, 0.05) is 20.1 Å². The number of amides is 1. The van der Waals surface area contributed by atoms with Gasteiger partial charge >= 0.3 is 0 Å². The minimum absolute atomic E-state index is 0.113. The van der Waals surface area contributed by atoms with Gasteiger partial charge in [-0.3, -0.25) is 4.79 Å². The van der Waals surface area contributed by atoms with E-state index in [2.05, 4.69) is 5.32 Å². The van der Waals surface area contributed by atoms with Crippen LogP contribution in [0.2, 0.25) is 4.34 Å². The number of thiophene rings is 1. The Morgan fingerprint density at radius 3 is 2.79 bits per heavy atom. The lowest BCUT2D eigenvalue weighted by Gasteiger charge is -2.14. The van der Waals surface area contributed by atoms with Crippen molar-refractivity contribution in [1.29, 1.82) is 0 Å². The van der Waals surface area contributed by atoms with Gasteiger partial charge in [-0.15, -0.1) is 11.3 Å². The van der Waals surface area contributed by atoms with Crippen LogP contribution in [0.1, 0.15) is 12.0 Å². The molecule has 1 atom stereocenters. The van der Waals surface area contributed by atoms with Crippen LogP contribution in [0.3, 0.4) is 0 Å². The second-order valence-electron chi connectivity index (χ2n) is 4.49. The Labute approximate surface area is 121 Å². The van der Waals surface area contributed by atoms with Crippen LogP contribution < -0.4 is 5.32 Å². The third-order valence-electron chi connectivity index (χ3n) is 3.20. The van der Waals surface area contributed by atoms with Crippen molar-refractivity contribution in [2.24, 2.45) is 5.92 Å². The molecule has 1 unspecified atom stereocenters. The molecule has 1 saturated heterocycles. The van der Waals surface area contributed by atoms with Gasteiger partial charge in [-0.05, 0) is 25.0 Å². The summed E-state index contributed by atoms with van der Waals surface area (Å²) in [5.41, 5.74) is 0.757. The van der Waals surface area contributed by atoms with Crippen molar-refractivity contribution in [2.45, 2.75) is 17.6 Å². The molecule has 1 aromatic rings. The first-order valence-corrected chi connectivity index (χ1v) is 8.47. The van der Waals surface area contributed by atoms with Crippen LogP contribution in [0.4, 0.5) is 0 Å². The van der Waals surface area contributed by atoms with Crippen molar-refractivity contribution in [2.75, 3.05) is 20.1 Å². The summed E-state index contributed by atoms with van der Waals surface area (Å²) in [7, 11) is -1.97. The number of aryl methyl sites for hydroxylation is 1. The monoisotopic (exact) mass is 322 g/mol. The van der Waals surface area contributed by atoms with Crippen LogP contribution in [-0.4, -0.2) is 38.8 Å². The minimum atomic E-state index is -3.53. The van der Waals surface area contributed by atoms with Crippen LogP contribution in [0, 0.1) is 12.8 Å². The fourth-order valence-corrected chi connectivity index (χ4v) is 5.41. The number of hydrogen-bond donors (Lipinski definition) is 1. The van der Waals surface area contributed by atoms with Gasteiger partial charge < -0.3 is 5.32 Å². The van der Waals surface area contributed by atoms with Gasteiger partial charge in [0.25, 0.3) is 10.0 Å². The predicted octanol–water partition coefficient (Wildman–Crippen LogP) is 1.47. The highest BCUT2D eigenvalue weighted by Gasteiger charge is 2.36. The number of carbonyl (C=O) groups excluding carboxylic acids is 1. The summed E-state index contributed by atoms with van der Waals surface area (Å²) >= 11 is 6.97. The van der Waals surface area contributed by atoms with Crippen LogP contribution >= 0.6 is 22.9 Å². The molecule has 19 heavy (non-hydrogen) atoms. The second-order valence-corrected chi connectivity index (χ2v) is 8.30. The summed E-state index contributed by atoms with van der Waals surface area (Å²) in [6.07, 6.45) is 0.553. The molecular weight excluding hydrogens is 308 g/mol. The smallest absolute Gasteiger partial charge is 0.252 e. The van der Waals surface area contributed by atoms with Gasteiger partial charge in [0.1, 0.15) is 4.21 Å². The fourth-order valence-electron chi connectivity index (χ4n) is 2.05. The summed E-state index contributed by atoms with van der Waals surface area (Å²) in [5.74, 6) is -0.380. The molecule has 0 bridgehead atoms. The van der Waals surface area contributed by atoms with Gasteiger partial charge in [0.05, 0.1) is 10.3 Å². The summed E-state index contributed by atoms with van der Waals surface area (Å²) in [6, 6.07) is 1.58. The molecule has 2 heterocycles. The molecule has 106 valence electrons. The van der Waals surface area contributed by atoms with E-state index in [0.717, 1.165) is 16.9 Å². The van der Waals surface area contributed by atoms with E-state index in [1.807, 2.05) is 0 Å². The number of carbonyl (C=O) groups is 1. The summed E-state index contributed by atoms with van der Waals surface area (Å²) < 4.78 is 26.9. The lowest BCUT2D eigenvalue weighted by atomic mass is 10.1. The van der Waals surface area contributed by atoms with E-state index in [0.29, 0.717) is 17.3 Å². The fraction of sp³-hybridized carbons (Fsp3) is 0.545. The van der Waals surface area contributed by atoms with E-state index in [1.54, 1.807) is 20.0 Å². The number of hydrogen-bond acceptors (Lipinski definition) is 4. The standard InChI is InChI=1S/C11H15ClN2O3S2/c1-7-5-9(18-10(7)12)19(16,17)14-4-3-8(6-14)11(15)13-2/h5,8H,3-4,6H2,1-2H3,(H,13,15). The first kappa shape index (κ1) is 14.8. The number of nitrogens with one attached hydrogen (secondary N) is 1. The van der Waals surface area contributed by atoms with E-state index in [1.165, 1.54) is 4.31 Å². The van der Waals surface area contributed by atoms with Gasteiger partial charge in [-0.1, -0.05) is 11.6 Å². The van der Waals surface area contributed by atoms with E-state index in [9.17, 15) is 13.2 Å². The number of rotatable bonds is 3. The zero-order valence-corrected chi connectivity index (χ0v) is 13.0. The molecule has 0 radical (unpaired) electrons. The van der Waals surface area contributed by atoms with Crippen molar-refractivity contribution < 1.29 is 13.2 Å². The largest absolute Gasteiger partial charge is 0.359 e. The third-order valence-corrected chi connectivity index (χ3v) is 7.07. The first-order valence-electron chi connectivity index (χ1n) is 5.84. The molecule has 2 rings (SSSR count). The molecule has 5 nitrogen and oxygen atoms in total. The molecule has 1 aromatic heterocycles. The average molecular weight is 323 g/mol. The highest BCUT2D eigenvalue weighted by Crippen LogP contribution is 2.33. The molecule has 0 aromatic carbocycles. The maximum absolute atomic E-state index is 12.4. The zero-order chi connectivity index (χ0) is 14.2. The topological polar surface area (TPSA) is 66.5 Å². The molecule has 1 amide bonds. The van der Waals surface area contributed by atoms with E-state index < -0.39 is 10.0 Å². The SMILES string of the molecule is CNC(=O)C1CCN(S(=O)(=O)c2cc(C)c(Cl)s2)C1. The lowest BCUT2D eigenvalue weighted by Crippen LogP contribution is -2.32. The quantitative estimate of drug-likeness (QED) is 0.916. The summed E-state index contributed by atoms with van der Waals surface area (Å²) in [4.78, 5) is 11.5. The zero-order valence-electron chi connectivity index (χ0n) is 10.6. The summed E-state index contributed by atoms with van der Waals surface area (Å²) in [6.45, 7) is 2.38. The Hall–Kier alpha value is -0.630. The van der Waals surface area contributed by atoms with Crippen molar-refractivity contribution in [1.82, 2.24) is 9.62 Å². The van der Waals surface area contributed by atoms with Crippen molar-refractivity contribution in [3.8, 4) is 0 Å². The van der Waals surface area contributed by atoms with Crippen LogP contribution in [0.25, 0.3) is 0 Å². The highest BCUT2D eigenvalue weighted by atomic mass is 35.5. The van der Waals surface area contributed by atoms with Gasteiger partial charge in [0.15, 0.2) is 0 Å². The predicted molar refractivity (Wildman–Crippen MR) is 75.0 cm³/mol. The van der Waals surface area contributed by atoms with Crippen molar-refractivity contribution in [3.63, 3.8) is 0 Å². The molecule has 0 saturated carbocycles. The molecule has 1 aliphatic heterocycles. The number of halogens is 1. The van der Waals surface area contributed by atoms with E-state index >= 15 is 0 Å². The Morgan fingerprint density at radius 1 is 1.58 bits per heavy atom. The first-order chi connectivity index (χ1) is 8.86. The van der Waals surface area contributed by atoms with Crippen molar-refractivity contribution in [3.05, 3.63) is 16.0 Å². The molecule has 8 heteroatoms. The molecule has 0 spiro atoms. The molecular formula is C11H15ClN2O3S2. The van der Waals surface area contributed by atoms with E-state index in [4.69, 9.17) is 11.6 Å². The van der Waals surface area contributed by atoms with Crippen LogP contribution in [0.5, 0.6) is 0 Å². The molecule has 1 aliphatic rings. The normalized spacial score (nSPS) is 20.7. The van der Waals surface area contributed by atoms with Gasteiger partial charge in [-0.25, -0.2) is 8.42 Å². The van der Waals surface area contributed by atoms with Crippen LogP contribution in [-0.2, 0) is 14.8 Å². The van der Waals surface area contributed by atoms with Gasteiger partial charge in [-0.2, -0.15) is 4.31 Å². The Balaban J connectivity index is 2.20. The highest BCUT2D eigenvalue weighted by molar-refractivity contribution is 7.91. The number of sulfonamides is 1. The van der Waals surface area contributed by atoms with Crippen LogP contribution in [0.15, 0.2) is 10.3 Å². The second kappa shape index (κ2) is 5.40. The Morgan fingerprint density at radius 2 is 2.26 bits per heavy atom. The van der Waals surface area contributed by atoms with Gasteiger partial charge in [0.2, 0.25) is 5.91 Å². The average Bonchev–Trinajstić information content (AvgIpc) is 2.97. The number of nitrogens with zero attached hydrogens (tertiary/aromatic N) is 1. The molecule has 1 fully saturated rings.